The monoisotopic (exact) mass is 274 g/mol. The van der Waals surface area contributed by atoms with Gasteiger partial charge in [0.05, 0.1) is 5.69 Å². The largest absolute Gasteiger partial charge is 0.452 e. The molecule has 104 valence electrons. The van der Waals surface area contributed by atoms with Crippen LogP contribution in [0.3, 0.4) is 0 Å². The van der Waals surface area contributed by atoms with E-state index in [2.05, 4.69) is 22.0 Å². The third kappa shape index (κ3) is 2.82. The second-order valence-corrected chi connectivity index (χ2v) is 4.02. The summed E-state index contributed by atoms with van der Waals surface area (Å²) in [4.78, 5) is 27.4. The van der Waals surface area contributed by atoms with Gasteiger partial charge in [0.15, 0.2) is 12.3 Å². The minimum atomic E-state index is -0.620. The first-order valence-corrected chi connectivity index (χ1v) is 5.98. The molecule has 2 aromatic heterocycles. The topological polar surface area (TPSA) is 85.6 Å². The van der Waals surface area contributed by atoms with Crippen molar-refractivity contribution >= 4 is 17.5 Å². The lowest BCUT2D eigenvalue weighted by Crippen LogP contribution is -2.28. The van der Waals surface area contributed by atoms with E-state index >= 15 is 0 Å². The van der Waals surface area contributed by atoms with E-state index in [9.17, 15) is 9.59 Å². The van der Waals surface area contributed by atoms with Crippen molar-refractivity contribution in [1.82, 2.24) is 19.9 Å². The second-order valence-electron chi connectivity index (χ2n) is 4.02. The van der Waals surface area contributed by atoms with E-state index in [1.54, 1.807) is 31.5 Å². The molecule has 7 heteroatoms. The summed E-state index contributed by atoms with van der Waals surface area (Å²) in [7, 11) is 0. The van der Waals surface area contributed by atoms with Crippen molar-refractivity contribution in [2.45, 2.75) is 6.92 Å². The molecule has 0 saturated carbocycles. The highest BCUT2D eigenvalue weighted by Crippen LogP contribution is 2.13. The van der Waals surface area contributed by atoms with Gasteiger partial charge in [0.2, 0.25) is 0 Å². The van der Waals surface area contributed by atoms with Gasteiger partial charge in [-0.05, 0) is 13.0 Å². The second kappa shape index (κ2) is 5.96. The van der Waals surface area contributed by atoms with Crippen LogP contribution in [0.25, 0.3) is 5.65 Å². The van der Waals surface area contributed by atoms with Gasteiger partial charge in [-0.15, -0.1) is 6.58 Å². The van der Waals surface area contributed by atoms with Crippen LogP contribution in [0.2, 0.25) is 0 Å². The molecule has 1 N–H and O–H groups in total. The number of aryl methyl sites for hydroxylation is 1. The number of carbonyl (C=O) groups is 2. The Bertz CT molecular complexity index is 663. The lowest BCUT2D eigenvalue weighted by Gasteiger charge is -2.04. The molecule has 0 aliphatic heterocycles. The minimum Gasteiger partial charge on any atom is -0.452 e. The molecule has 0 bridgehead atoms. The summed E-state index contributed by atoms with van der Waals surface area (Å²) >= 11 is 0. The number of hydrogen-bond acceptors (Lipinski definition) is 5. The Labute approximate surface area is 115 Å². The molecule has 20 heavy (non-hydrogen) atoms. The number of hydrogen-bond donors (Lipinski definition) is 1. The fourth-order valence-electron chi connectivity index (χ4n) is 1.68. The van der Waals surface area contributed by atoms with E-state index < -0.39 is 5.97 Å². The van der Waals surface area contributed by atoms with Crippen LogP contribution in [0.1, 0.15) is 16.1 Å². The fourth-order valence-corrected chi connectivity index (χ4v) is 1.68. The third-order valence-electron chi connectivity index (χ3n) is 2.55. The normalized spacial score (nSPS) is 10.2. The standard InChI is InChI=1S/C13H14N4O3/c1-3-5-14-10(18)8-20-13(19)11-9(2)16-17-7-4-6-15-12(11)17/h3-4,6-7H,1,5,8H2,2H3,(H,14,18). The van der Waals surface area contributed by atoms with Crippen molar-refractivity contribution in [3.05, 3.63) is 42.4 Å². The number of esters is 1. The van der Waals surface area contributed by atoms with Crippen LogP contribution in [0.4, 0.5) is 0 Å². The van der Waals surface area contributed by atoms with Crippen molar-refractivity contribution in [1.29, 1.82) is 0 Å². The Morgan fingerprint density at radius 3 is 3.10 bits per heavy atom. The van der Waals surface area contributed by atoms with Crippen molar-refractivity contribution < 1.29 is 14.3 Å². The fraction of sp³-hybridized carbons (Fsp3) is 0.231. The zero-order valence-electron chi connectivity index (χ0n) is 11.0. The summed E-state index contributed by atoms with van der Waals surface area (Å²) in [6.45, 7) is 5.13. The molecule has 2 aromatic rings. The van der Waals surface area contributed by atoms with Crippen LogP contribution >= 0.6 is 0 Å². The van der Waals surface area contributed by atoms with Gasteiger partial charge in [-0.1, -0.05) is 6.08 Å². The quantitative estimate of drug-likeness (QED) is 0.633. The van der Waals surface area contributed by atoms with Gasteiger partial charge in [-0.25, -0.2) is 14.3 Å². The Morgan fingerprint density at radius 1 is 1.55 bits per heavy atom. The number of nitrogens with one attached hydrogen (secondary N) is 1. The number of rotatable bonds is 5. The van der Waals surface area contributed by atoms with Gasteiger partial charge in [-0.2, -0.15) is 5.10 Å². The Hall–Kier alpha value is -2.70. The first-order chi connectivity index (χ1) is 9.63. The lowest BCUT2D eigenvalue weighted by atomic mass is 10.2. The maximum absolute atomic E-state index is 12.0. The highest BCUT2D eigenvalue weighted by molar-refractivity contribution is 5.98. The SMILES string of the molecule is C=CCNC(=O)COC(=O)c1c(C)nn2cccnc12. The number of fused-ring (bicyclic) bond motifs is 1. The first-order valence-electron chi connectivity index (χ1n) is 5.98. The third-order valence-corrected chi connectivity index (χ3v) is 2.55. The summed E-state index contributed by atoms with van der Waals surface area (Å²) < 4.78 is 6.45. The predicted octanol–water partition coefficient (Wildman–Crippen LogP) is 0.497. The molecule has 7 nitrogen and oxygen atoms in total. The van der Waals surface area contributed by atoms with E-state index in [1.165, 1.54) is 4.52 Å². The Kier molecular flexibility index (Phi) is 4.09. The van der Waals surface area contributed by atoms with Crippen molar-refractivity contribution in [3.63, 3.8) is 0 Å². The number of nitrogens with zero attached hydrogens (tertiary/aromatic N) is 3. The van der Waals surface area contributed by atoms with Crippen LogP contribution in [0, 0.1) is 6.92 Å². The van der Waals surface area contributed by atoms with Gasteiger partial charge in [0, 0.05) is 18.9 Å². The number of amides is 1. The molecular weight excluding hydrogens is 260 g/mol. The predicted molar refractivity (Wildman–Crippen MR) is 71.2 cm³/mol. The molecular formula is C13H14N4O3. The number of ether oxygens (including phenoxy) is 1. The number of aromatic nitrogens is 3. The first kappa shape index (κ1) is 13.7. The maximum atomic E-state index is 12.0. The average Bonchev–Trinajstić information content (AvgIpc) is 2.78. The van der Waals surface area contributed by atoms with Gasteiger partial charge >= 0.3 is 5.97 Å². The van der Waals surface area contributed by atoms with E-state index in [4.69, 9.17) is 4.74 Å². The van der Waals surface area contributed by atoms with Gasteiger partial charge in [0.1, 0.15) is 5.56 Å². The van der Waals surface area contributed by atoms with Crippen molar-refractivity contribution in [3.8, 4) is 0 Å². The smallest absolute Gasteiger partial charge is 0.344 e. The van der Waals surface area contributed by atoms with Crippen molar-refractivity contribution in [2.75, 3.05) is 13.2 Å². The summed E-state index contributed by atoms with van der Waals surface area (Å²) in [5.74, 6) is -1.01. The molecule has 0 unspecified atom stereocenters. The van der Waals surface area contributed by atoms with Crippen LogP contribution in [-0.2, 0) is 9.53 Å². The van der Waals surface area contributed by atoms with Crippen molar-refractivity contribution in [2.24, 2.45) is 0 Å². The number of carbonyl (C=O) groups excluding carboxylic acids is 2. The van der Waals surface area contributed by atoms with Gasteiger partial charge in [0.25, 0.3) is 5.91 Å². The van der Waals surface area contributed by atoms with E-state index in [-0.39, 0.29) is 18.1 Å². The summed E-state index contributed by atoms with van der Waals surface area (Å²) in [6, 6.07) is 1.71. The van der Waals surface area contributed by atoms with Crippen LogP contribution in [0.15, 0.2) is 31.1 Å². The molecule has 0 aromatic carbocycles. The van der Waals surface area contributed by atoms with Gasteiger partial charge < -0.3 is 10.1 Å². The minimum absolute atomic E-state index is 0.266. The maximum Gasteiger partial charge on any atom is 0.344 e. The molecule has 0 aliphatic rings. The summed E-state index contributed by atoms with van der Waals surface area (Å²) in [5, 5.41) is 6.66. The van der Waals surface area contributed by atoms with Crippen LogP contribution in [-0.4, -0.2) is 39.6 Å². The average molecular weight is 274 g/mol. The van der Waals surface area contributed by atoms with E-state index in [1.807, 2.05) is 0 Å². The molecule has 0 fully saturated rings. The molecule has 1 amide bonds. The molecule has 0 spiro atoms. The Morgan fingerprint density at radius 2 is 2.35 bits per heavy atom. The molecule has 0 aliphatic carbocycles. The lowest BCUT2D eigenvalue weighted by molar-refractivity contribution is -0.124. The zero-order chi connectivity index (χ0) is 14.5. The molecule has 0 radical (unpaired) electrons. The summed E-state index contributed by atoms with van der Waals surface area (Å²) in [6.07, 6.45) is 4.78. The molecule has 2 heterocycles. The van der Waals surface area contributed by atoms with E-state index in [0.29, 0.717) is 17.9 Å². The summed E-state index contributed by atoms with van der Waals surface area (Å²) in [5.41, 5.74) is 1.17. The van der Waals surface area contributed by atoms with Gasteiger partial charge in [-0.3, -0.25) is 4.79 Å². The molecule has 2 rings (SSSR count). The Balaban J connectivity index is 2.10. The highest BCUT2D eigenvalue weighted by Gasteiger charge is 2.20. The zero-order valence-corrected chi connectivity index (χ0v) is 11.0. The van der Waals surface area contributed by atoms with E-state index in [0.717, 1.165) is 0 Å². The molecule has 0 saturated heterocycles. The molecule has 0 atom stereocenters. The highest BCUT2D eigenvalue weighted by atomic mass is 16.5. The van der Waals surface area contributed by atoms with Crippen LogP contribution in [0.5, 0.6) is 0 Å². The van der Waals surface area contributed by atoms with Crippen LogP contribution < -0.4 is 5.32 Å².